The van der Waals surface area contributed by atoms with Crippen molar-refractivity contribution in [1.29, 1.82) is 0 Å². The van der Waals surface area contributed by atoms with Crippen molar-refractivity contribution < 1.29 is 9.53 Å². The van der Waals surface area contributed by atoms with E-state index in [9.17, 15) is 4.79 Å². The Morgan fingerprint density at radius 1 is 1.35 bits per heavy atom. The number of nitrogens with zero attached hydrogens (tertiary/aromatic N) is 1. The van der Waals surface area contributed by atoms with Crippen LogP contribution in [0.2, 0.25) is 0 Å². The Bertz CT molecular complexity index is 360. The van der Waals surface area contributed by atoms with Crippen molar-refractivity contribution >= 4 is 11.7 Å². The van der Waals surface area contributed by atoms with Crippen LogP contribution in [0.15, 0.2) is 24.3 Å². The molecular formula is C13H20N2O2. The first-order valence-corrected chi connectivity index (χ1v) is 5.80. The average molecular weight is 236 g/mol. The van der Waals surface area contributed by atoms with Gasteiger partial charge in [0.25, 0.3) is 0 Å². The summed E-state index contributed by atoms with van der Waals surface area (Å²) < 4.78 is 5.09. The fourth-order valence-corrected chi connectivity index (χ4v) is 1.53. The zero-order valence-electron chi connectivity index (χ0n) is 10.9. The van der Waals surface area contributed by atoms with Crippen LogP contribution >= 0.6 is 0 Å². The van der Waals surface area contributed by atoms with Crippen LogP contribution in [0.25, 0.3) is 0 Å². The van der Waals surface area contributed by atoms with Crippen LogP contribution in [-0.2, 0) is 0 Å². The van der Waals surface area contributed by atoms with E-state index in [4.69, 9.17) is 4.74 Å². The van der Waals surface area contributed by atoms with Crippen molar-refractivity contribution in [3.63, 3.8) is 0 Å². The molecule has 17 heavy (non-hydrogen) atoms. The second-order valence-electron chi connectivity index (χ2n) is 4.05. The Balaban J connectivity index is 2.81. The molecule has 0 aliphatic rings. The molecule has 1 rings (SSSR count). The molecule has 4 heteroatoms. The van der Waals surface area contributed by atoms with Crippen LogP contribution < -0.4 is 15.0 Å². The first-order valence-electron chi connectivity index (χ1n) is 5.80. The predicted octanol–water partition coefficient (Wildman–Crippen LogP) is 2.64. The number of carbonyl (C=O) groups excluding carboxylic acids is 1. The Kier molecular flexibility index (Phi) is 4.82. The fourth-order valence-electron chi connectivity index (χ4n) is 1.53. The van der Waals surface area contributed by atoms with E-state index in [0.717, 1.165) is 11.4 Å². The summed E-state index contributed by atoms with van der Waals surface area (Å²) in [5.74, 6) is 0.786. The summed E-state index contributed by atoms with van der Waals surface area (Å²) in [5.41, 5.74) is 0.867. The Hall–Kier alpha value is -1.71. The van der Waals surface area contributed by atoms with Crippen molar-refractivity contribution in [1.82, 2.24) is 5.32 Å². The zero-order valence-corrected chi connectivity index (χ0v) is 10.9. The molecule has 1 N–H and O–H groups in total. The van der Waals surface area contributed by atoms with Crippen LogP contribution in [-0.4, -0.2) is 25.7 Å². The summed E-state index contributed by atoms with van der Waals surface area (Å²) in [6.07, 6.45) is 0. The third-order valence-electron chi connectivity index (χ3n) is 2.36. The minimum absolute atomic E-state index is 0.0762. The third kappa shape index (κ3) is 3.66. The molecule has 0 saturated heterocycles. The van der Waals surface area contributed by atoms with Crippen LogP contribution in [0.1, 0.15) is 20.8 Å². The van der Waals surface area contributed by atoms with Gasteiger partial charge in [0.2, 0.25) is 0 Å². The summed E-state index contributed by atoms with van der Waals surface area (Å²) >= 11 is 0. The first kappa shape index (κ1) is 13.4. The number of ether oxygens (including phenoxy) is 1. The molecule has 0 aliphatic carbocycles. The highest BCUT2D eigenvalue weighted by molar-refractivity contribution is 5.92. The molecular weight excluding hydrogens is 216 g/mol. The summed E-state index contributed by atoms with van der Waals surface area (Å²) in [6.45, 7) is 6.47. The third-order valence-corrected chi connectivity index (χ3v) is 2.36. The number of anilines is 1. The van der Waals surface area contributed by atoms with Gasteiger partial charge in [-0.25, -0.2) is 4.79 Å². The summed E-state index contributed by atoms with van der Waals surface area (Å²) in [7, 11) is 1.62. The molecule has 0 aliphatic heterocycles. The van der Waals surface area contributed by atoms with Gasteiger partial charge in [0.1, 0.15) is 5.75 Å². The van der Waals surface area contributed by atoms with Crippen molar-refractivity contribution in [2.45, 2.75) is 26.8 Å². The van der Waals surface area contributed by atoms with Gasteiger partial charge < -0.3 is 10.1 Å². The molecule has 0 radical (unpaired) electrons. The molecule has 94 valence electrons. The van der Waals surface area contributed by atoms with E-state index in [1.165, 1.54) is 0 Å². The van der Waals surface area contributed by atoms with E-state index in [2.05, 4.69) is 5.32 Å². The number of benzene rings is 1. The molecule has 0 heterocycles. The number of nitrogens with one attached hydrogen (secondary N) is 1. The van der Waals surface area contributed by atoms with E-state index in [0.29, 0.717) is 6.54 Å². The average Bonchev–Trinajstić information content (AvgIpc) is 2.30. The van der Waals surface area contributed by atoms with Gasteiger partial charge in [0, 0.05) is 18.3 Å². The van der Waals surface area contributed by atoms with Crippen molar-refractivity contribution in [3.8, 4) is 5.75 Å². The predicted molar refractivity (Wildman–Crippen MR) is 69.7 cm³/mol. The SMILES string of the molecule is CCN(C(=O)NC(C)C)c1ccc(OC)cc1. The lowest BCUT2D eigenvalue weighted by molar-refractivity contribution is 0.244. The van der Waals surface area contributed by atoms with Gasteiger partial charge in [-0.2, -0.15) is 0 Å². The number of carbonyl (C=O) groups is 1. The molecule has 1 aromatic carbocycles. The first-order chi connectivity index (χ1) is 8.08. The minimum Gasteiger partial charge on any atom is -0.497 e. The van der Waals surface area contributed by atoms with Crippen molar-refractivity contribution in [3.05, 3.63) is 24.3 Å². The maximum atomic E-state index is 11.9. The molecule has 0 aromatic heterocycles. The molecule has 0 unspecified atom stereocenters. The smallest absolute Gasteiger partial charge is 0.322 e. The van der Waals surface area contributed by atoms with Gasteiger partial charge in [-0.15, -0.1) is 0 Å². The molecule has 4 nitrogen and oxygen atoms in total. The van der Waals surface area contributed by atoms with Gasteiger partial charge in [-0.3, -0.25) is 4.90 Å². The van der Waals surface area contributed by atoms with E-state index >= 15 is 0 Å². The lowest BCUT2D eigenvalue weighted by atomic mass is 10.2. The van der Waals surface area contributed by atoms with Crippen LogP contribution in [0.3, 0.4) is 0 Å². The largest absolute Gasteiger partial charge is 0.497 e. The molecule has 0 spiro atoms. The second kappa shape index (κ2) is 6.13. The Morgan fingerprint density at radius 2 is 1.94 bits per heavy atom. The lowest BCUT2D eigenvalue weighted by Gasteiger charge is -2.23. The monoisotopic (exact) mass is 236 g/mol. The highest BCUT2D eigenvalue weighted by atomic mass is 16.5. The number of methoxy groups -OCH3 is 1. The van der Waals surface area contributed by atoms with Crippen LogP contribution in [0.5, 0.6) is 5.75 Å². The maximum absolute atomic E-state index is 11.9. The van der Waals surface area contributed by atoms with Gasteiger partial charge in [-0.05, 0) is 45.0 Å². The fraction of sp³-hybridized carbons (Fsp3) is 0.462. The Labute approximate surface area is 103 Å². The molecule has 0 saturated carbocycles. The number of hydrogen-bond acceptors (Lipinski definition) is 2. The van der Waals surface area contributed by atoms with Crippen LogP contribution in [0.4, 0.5) is 10.5 Å². The van der Waals surface area contributed by atoms with Gasteiger partial charge in [-0.1, -0.05) is 0 Å². The topological polar surface area (TPSA) is 41.6 Å². The van der Waals surface area contributed by atoms with Crippen molar-refractivity contribution in [2.75, 3.05) is 18.6 Å². The summed E-state index contributed by atoms with van der Waals surface area (Å²) in [4.78, 5) is 13.6. The second-order valence-corrected chi connectivity index (χ2v) is 4.05. The summed E-state index contributed by atoms with van der Waals surface area (Å²) in [5, 5.41) is 2.88. The van der Waals surface area contributed by atoms with E-state index < -0.39 is 0 Å². The number of amides is 2. The molecule has 2 amide bonds. The lowest BCUT2D eigenvalue weighted by Crippen LogP contribution is -2.43. The standard InChI is InChI=1S/C13H20N2O2/c1-5-15(13(16)14-10(2)3)11-6-8-12(17-4)9-7-11/h6-10H,5H2,1-4H3,(H,14,16). The minimum atomic E-state index is -0.0762. The number of urea groups is 1. The van der Waals surface area contributed by atoms with Gasteiger partial charge >= 0.3 is 6.03 Å². The van der Waals surface area contributed by atoms with Gasteiger partial charge in [0.15, 0.2) is 0 Å². The molecule has 0 atom stereocenters. The summed E-state index contributed by atoms with van der Waals surface area (Å²) in [6, 6.07) is 7.51. The molecule has 1 aromatic rings. The Morgan fingerprint density at radius 3 is 2.35 bits per heavy atom. The zero-order chi connectivity index (χ0) is 12.8. The highest BCUT2D eigenvalue weighted by Gasteiger charge is 2.14. The quantitative estimate of drug-likeness (QED) is 0.873. The van der Waals surface area contributed by atoms with Crippen LogP contribution in [0, 0.1) is 0 Å². The van der Waals surface area contributed by atoms with Gasteiger partial charge in [0.05, 0.1) is 7.11 Å². The van der Waals surface area contributed by atoms with E-state index in [1.54, 1.807) is 12.0 Å². The van der Waals surface area contributed by atoms with Crippen molar-refractivity contribution in [2.24, 2.45) is 0 Å². The number of rotatable bonds is 4. The van der Waals surface area contributed by atoms with E-state index in [-0.39, 0.29) is 12.1 Å². The molecule has 0 fully saturated rings. The highest BCUT2D eigenvalue weighted by Crippen LogP contribution is 2.19. The van der Waals surface area contributed by atoms with E-state index in [1.807, 2.05) is 45.0 Å². The number of hydrogen-bond donors (Lipinski definition) is 1. The maximum Gasteiger partial charge on any atom is 0.322 e. The molecule has 0 bridgehead atoms. The normalized spacial score (nSPS) is 10.2.